The Morgan fingerprint density at radius 1 is 1.06 bits per heavy atom. The molecule has 0 spiro atoms. The van der Waals surface area contributed by atoms with Gasteiger partial charge in [0, 0.05) is 23.7 Å². The van der Waals surface area contributed by atoms with Crippen LogP contribution in [0.4, 0.5) is 13.2 Å². The van der Waals surface area contributed by atoms with Crippen LogP contribution in [0.25, 0.3) is 5.69 Å². The van der Waals surface area contributed by atoms with Gasteiger partial charge in [-0.05, 0) is 47.9 Å². The Morgan fingerprint density at radius 2 is 1.73 bits per heavy atom. The molecule has 10 heteroatoms. The maximum Gasteiger partial charge on any atom is 0.416 e. The van der Waals surface area contributed by atoms with Crippen LogP contribution in [0.5, 0.6) is 0 Å². The summed E-state index contributed by atoms with van der Waals surface area (Å²) in [6.45, 7) is 1.84. The van der Waals surface area contributed by atoms with E-state index in [1.165, 1.54) is 24.3 Å². The molecule has 33 heavy (non-hydrogen) atoms. The van der Waals surface area contributed by atoms with E-state index >= 15 is 0 Å². The van der Waals surface area contributed by atoms with E-state index < -0.39 is 34.3 Å². The Labute approximate surface area is 190 Å². The quantitative estimate of drug-likeness (QED) is 0.525. The van der Waals surface area contributed by atoms with Crippen molar-refractivity contribution in [3.63, 3.8) is 0 Å². The Morgan fingerprint density at radius 3 is 2.33 bits per heavy atom. The largest absolute Gasteiger partial charge is 0.772 e. The Hall–Kier alpha value is -3.24. The molecule has 3 rings (SSSR count). The van der Waals surface area contributed by atoms with Gasteiger partial charge in [-0.3, -0.25) is 18.4 Å². The second kappa shape index (κ2) is 10.1. The van der Waals surface area contributed by atoms with Crippen LogP contribution in [-0.4, -0.2) is 19.2 Å². The number of carbonyl (C=O) groups excluding carboxylic acids is 1. The standard InChI is InChI=1S/C23H21F3N2O4S/c1-2-18-10-11-20(21(29)27-13-15-6-8-16(9-7-15)14-33(31)32)22(30)28(18)19-5-3-4-17(12-19)23(24,25)26/h3-12H,2,13-14H2,1H3,(H,27,29)(H,31,32)/p-1. The fourth-order valence-electron chi connectivity index (χ4n) is 3.30. The lowest BCUT2D eigenvalue weighted by molar-refractivity contribution is -0.137. The summed E-state index contributed by atoms with van der Waals surface area (Å²) >= 11 is -2.21. The number of benzene rings is 2. The Balaban J connectivity index is 1.87. The van der Waals surface area contributed by atoms with Crippen LogP contribution in [0, 0.1) is 0 Å². The van der Waals surface area contributed by atoms with Crippen molar-refractivity contribution in [2.24, 2.45) is 0 Å². The monoisotopic (exact) mass is 477 g/mol. The summed E-state index contributed by atoms with van der Waals surface area (Å²) in [7, 11) is 0. The zero-order valence-corrected chi connectivity index (χ0v) is 18.3. The first-order valence-corrected chi connectivity index (χ1v) is 11.2. The topological polar surface area (TPSA) is 91.2 Å². The van der Waals surface area contributed by atoms with Crippen molar-refractivity contribution >= 4 is 17.0 Å². The van der Waals surface area contributed by atoms with Gasteiger partial charge in [0.2, 0.25) is 0 Å². The molecule has 1 aromatic heterocycles. The van der Waals surface area contributed by atoms with E-state index in [1.807, 2.05) is 0 Å². The van der Waals surface area contributed by atoms with Crippen molar-refractivity contribution in [3.05, 3.63) is 99.0 Å². The van der Waals surface area contributed by atoms with E-state index in [2.05, 4.69) is 5.32 Å². The highest BCUT2D eigenvalue weighted by Gasteiger charge is 2.30. The molecule has 1 N–H and O–H groups in total. The number of aryl methyl sites for hydroxylation is 1. The van der Waals surface area contributed by atoms with E-state index in [4.69, 9.17) is 0 Å². The zero-order chi connectivity index (χ0) is 24.2. The lowest BCUT2D eigenvalue weighted by atomic mass is 10.1. The fraction of sp³-hybridized carbons (Fsp3) is 0.217. The molecule has 1 heterocycles. The van der Waals surface area contributed by atoms with Gasteiger partial charge in [-0.25, -0.2) is 0 Å². The van der Waals surface area contributed by atoms with Crippen LogP contribution in [0.15, 0.2) is 65.5 Å². The summed E-state index contributed by atoms with van der Waals surface area (Å²) in [5, 5.41) is 2.61. The van der Waals surface area contributed by atoms with Crippen molar-refractivity contribution in [2.45, 2.75) is 31.8 Å². The normalized spacial score (nSPS) is 12.4. The van der Waals surface area contributed by atoms with Crippen LogP contribution >= 0.6 is 0 Å². The number of hydrogen-bond acceptors (Lipinski definition) is 4. The third kappa shape index (κ3) is 5.96. The molecule has 0 bridgehead atoms. The van der Waals surface area contributed by atoms with Gasteiger partial charge in [0.1, 0.15) is 5.56 Å². The average Bonchev–Trinajstić information content (AvgIpc) is 2.77. The first-order chi connectivity index (χ1) is 15.6. The lowest BCUT2D eigenvalue weighted by Crippen LogP contribution is -2.33. The van der Waals surface area contributed by atoms with Crippen molar-refractivity contribution < 1.29 is 26.7 Å². The van der Waals surface area contributed by atoms with E-state index in [1.54, 1.807) is 31.2 Å². The molecule has 1 atom stereocenters. The highest BCUT2D eigenvalue weighted by Crippen LogP contribution is 2.30. The predicted molar refractivity (Wildman–Crippen MR) is 117 cm³/mol. The number of aromatic nitrogens is 1. The molecule has 0 aliphatic rings. The SMILES string of the molecule is CCc1ccc(C(=O)NCc2ccc(CS(=O)[O-])cc2)c(=O)n1-c1cccc(C(F)(F)F)c1. The summed E-state index contributed by atoms with van der Waals surface area (Å²) in [5.41, 5.74) is -0.0601. The minimum atomic E-state index is -4.57. The molecule has 0 aliphatic carbocycles. The van der Waals surface area contributed by atoms with Crippen molar-refractivity contribution in [3.8, 4) is 5.69 Å². The van der Waals surface area contributed by atoms with E-state index in [0.717, 1.165) is 16.7 Å². The van der Waals surface area contributed by atoms with Crippen LogP contribution in [-0.2, 0) is 36.0 Å². The summed E-state index contributed by atoms with van der Waals surface area (Å²) in [6, 6.07) is 13.8. The van der Waals surface area contributed by atoms with Gasteiger partial charge in [0.15, 0.2) is 0 Å². The second-order valence-electron chi connectivity index (χ2n) is 7.23. The van der Waals surface area contributed by atoms with E-state index in [0.29, 0.717) is 23.2 Å². The third-order valence-electron chi connectivity index (χ3n) is 4.96. The highest BCUT2D eigenvalue weighted by atomic mass is 32.2. The van der Waals surface area contributed by atoms with Crippen LogP contribution in [0.1, 0.15) is 39.7 Å². The number of nitrogens with one attached hydrogen (secondary N) is 1. The molecule has 2 aromatic carbocycles. The Kier molecular flexibility index (Phi) is 7.50. The summed E-state index contributed by atoms with van der Waals surface area (Å²) in [5.74, 6) is -0.793. The molecule has 1 unspecified atom stereocenters. The molecular formula is C23H20F3N2O4S-. The molecular weight excluding hydrogens is 457 g/mol. The number of nitrogens with zero attached hydrogens (tertiary/aromatic N) is 1. The average molecular weight is 477 g/mol. The Bertz CT molecular complexity index is 1240. The van der Waals surface area contributed by atoms with E-state index in [-0.39, 0.29) is 23.5 Å². The number of amides is 1. The zero-order valence-electron chi connectivity index (χ0n) is 17.5. The van der Waals surface area contributed by atoms with Crippen LogP contribution in [0.3, 0.4) is 0 Å². The van der Waals surface area contributed by atoms with Gasteiger partial charge in [-0.2, -0.15) is 13.2 Å². The molecule has 0 radical (unpaired) electrons. The number of pyridine rings is 1. The number of alkyl halides is 3. The van der Waals surface area contributed by atoms with Crippen molar-refractivity contribution in [1.29, 1.82) is 0 Å². The van der Waals surface area contributed by atoms with Gasteiger partial charge in [-0.1, -0.05) is 48.3 Å². The predicted octanol–water partition coefficient (Wildman–Crippen LogP) is 3.73. The highest BCUT2D eigenvalue weighted by molar-refractivity contribution is 7.78. The van der Waals surface area contributed by atoms with Gasteiger partial charge in [0.05, 0.1) is 5.56 Å². The summed E-state index contributed by atoms with van der Waals surface area (Å²) < 4.78 is 62.0. The van der Waals surface area contributed by atoms with Crippen LogP contribution < -0.4 is 10.9 Å². The lowest BCUT2D eigenvalue weighted by Gasteiger charge is -2.15. The molecule has 3 aromatic rings. The first kappa shape index (κ1) is 24.4. The fourth-order valence-corrected chi connectivity index (χ4v) is 3.76. The molecule has 1 amide bonds. The number of rotatable bonds is 7. The van der Waals surface area contributed by atoms with Gasteiger partial charge in [-0.15, -0.1) is 0 Å². The summed E-state index contributed by atoms with van der Waals surface area (Å²) in [4.78, 5) is 25.7. The van der Waals surface area contributed by atoms with Gasteiger partial charge in [0.25, 0.3) is 11.5 Å². The molecule has 0 fully saturated rings. The minimum Gasteiger partial charge on any atom is -0.772 e. The second-order valence-corrected chi connectivity index (χ2v) is 8.12. The molecule has 6 nitrogen and oxygen atoms in total. The molecule has 174 valence electrons. The summed E-state index contributed by atoms with van der Waals surface area (Å²) in [6.07, 6.45) is -4.20. The van der Waals surface area contributed by atoms with Crippen molar-refractivity contribution in [1.82, 2.24) is 9.88 Å². The maximum absolute atomic E-state index is 13.1. The third-order valence-corrected chi connectivity index (χ3v) is 5.53. The minimum absolute atomic E-state index is 0.0210. The number of carbonyl (C=O) groups is 1. The number of halogens is 3. The van der Waals surface area contributed by atoms with Gasteiger partial charge >= 0.3 is 6.18 Å². The maximum atomic E-state index is 13.1. The molecule has 0 aliphatic heterocycles. The molecule has 0 saturated heterocycles. The molecule has 0 saturated carbocycles. The smallest absolute Gasteiger partial charge is 0.416 e. The number of hydrogen-bond donors (Lipinski definition) is 1. The van der Waals surface area contributed by atoms with Crippen LogP contribution in [0.2, 0.25) is 0 Å². The van der Waals surface area contributed by atoms with E-state index in [9.17, 15) is 31.5 Å². The first-order valence-electron chi connectivity index (χ1n) is 9.94. The van der Waals surface area contributed by atoms with Crippen molar-refractivity contribution in [2.75, 3.05) is 0 Å². The van der Waals surface area contributed by atoms with Gasteiger partial charge < -0.3 is 9.87 Å².